The predicted octanol–water partition coefficient (Wildman–Crippen LogP) is 3.82. The number of hydrogen-bond donors (Lipinski definition) is 0. The van der Waals surface area contributed by atoms with Crippen molar-refractivity contribution in [1.82, 2.24) is 0 Å². The summed E-state index contributed by atoms with van der Waals surface area (Å²) in [6.45, 7) is 13.2. The third-order valence-electron chi connectivity index (χ3n) is 10.2. The summed E-state index contributed by atoms with van der Waals surface area (Å²) in [6.07, 6.45) is 8.36. The molecule has 7 atom stereocenters. The van der Waals surface area contributed by atoms with Crippen molar-refractivity contribution in [3.63, 3.8) is 0 Å². The number of Topliss-reactive ketones (excluding diaryl/α,β-unsaturated/α-hetero) is 1. The number of hydrogen-bond acceptors (Lipinski definition) is 4. The largest absolute Gasteiger partial charge is 0.461 e. The minimum absolute atomic E-state index is 0.0589. The van der Waals surface area contributed by atoms with Gasteiger partial charge in [-0.3, -0.25) is 9.59 Å². The zero-order valence-electron chi connectivity index (χ0n) is 17.6. The molecule has 4 heteroatoms. The van der Waals surface area contributed by atoms with Crippen LogP contribution in [-0.2, 0) is 19.1 Å². The Bertz CT molecular complexity index is 1010. The fourth-order valence-corrected chi connectivity index (χ4v) is 9.18. The van der Waals surface area contributed by atoms with Crippen LogP contribution < -0.4 is 0 Å². The molecule has 0 unspecified atom stereocenters. The van der Waals surface area contributed by atoms with E-state index in [1.54, 1.807) is 6.08 Å². The third kappa shape index (κ3) is 1.50. The number of carbonyl (C=O) groups excluding carboxylic acids is 3. The van der Waals surface area contributed by atoms with E-state index in [0.717, 1.165) is 24.8 Å². The number of cyclic esters (lactones) is 1. The van der Waals surface area contributed by atoms with E-state index in [1.165, 1.54) is 0 Å². The summed E-state index contributed by atoms with van der Waals surface area (Å²) in [6, 6.07) is 0. The fraction of sp³-hybridized carbons (Fsp3) is 0.640. The minimum atomic E-state index is -0.629. The van der Waals surface area contributed by atoms with E-state index in [4.69, 9.17) is 4.74 Å². The van der Waals surface area contributed by atoms with Crippen LogP contribution in [0.1, 0.15) is 47.0 Å². The predicted molar refractivity (Wildman–Crippen MR) is 107 cm³/mol. The van der Waals surface area contributed by atoms with Crippen LogP contribution in [0, 0.1) is 44.8 Å². The van der Waals surface area contributed by atoms with Crippen LogP contribution in [0.3, 0.4) is 0 Å². The Hall–Kier alpha value is -1.97. The summed E-state index contributed by atoms with van der Waals surface area (Å²) in [5.41, 5.74) is -0.526. The van der Waals surface area contributed by atoms with E-state index in [-0.39, 0.29) is 46.1 Å². The van der Waals surface area contributed by atoms with Crippen molar-refractivity contribution in [2.24, 2.45) is 44.8 Å². The molecule has 0 radical (unpaired) electrons. The molecule has 152 valence electrons. The molecule has 0 aromatic carbocycles. The lowest BCUT2D eigenvalue weighted by Gasteiger charge is -2.65. The van der Waals surface area contributed by atoms with E-state index in [0.29, 0.717) is 12.2 Å². The van der Waals surface area contributed by atoms with Gasteiger partial charge in [0.15, 0.2) is 5.78 Å². The number of carbonyl (C=O) groups is 3. The van der Waals surface area contributed by atoms with Crippen LogP contribution in [0.2, 0.25) is 0 Å². The molecule has 1 aliphatic heterocycles. The average Bonchev–Trinajstić information content (AvgIpc) is 3.05. The quantitative estimate of drug-likeness (QED) is 0.464. The summed E-state index contributed by atoms with van der Waals surface area (Å²) in [4.78, 5) is 39.4. The molecule has 6 aliphatic rings. The summed E-state index contributed by atoms with van der Waals surface area (Å²) >= 11 is 0. The van der Waals surface area contributed by atoms with Gasteiger partial charge in [-0.2, -0.15) is 0 Å². The van der Waals surface area contributed by atoms with E-state index in [2.05, 4.69) is 33.4 Å². The van der Waals surface area contributed by atoms with Gasteiger partial charge >= 0.3 is 5.97 Å². The maximum Gasteiger partial charge on any atom is 0.334 e. The minimum Gasteiger partial charge on any atom is -0.461 e. The maximum atomic E-state index is 13.9. The van der Waals surface area contributed by atoms with Crippen molar-refractivity contribution < 1.29 is 19.1 Å². The zero-order chi connectivity index (χ0) is 20.8. The summed E-state index contributed by atoms with van der Waals surface area (Å²) in [7, 11) is 0. The first kappa shape index (κ1) is 17.9. The molecule has 4 fully saturated rings. The van der Waals surface area contributed by atoms with Gasteiger partial charge in [0.05, 0.1) is 5.41 Å². The molecule has 1 heterocycles. The highest BCUT2D eigenvalue weighted by Gasteiger charge is 2.82. The topological polar surface area (TPSA) is 60.4 Å². The number of rotatable bonds is 0. The molecule has 0 aromatic rings. The van der Waals surface area contributed by atoms with Gasteiger partial charge in [-0.15, -0.1) is 0 Å². The molecule has 6 rings (SSSR count). The Balaban J connectivity index is 1.66. The lowest BCUT2D eigenvalue weighted by molar-refractivity contribution is -0.171. The molecule has 0 amide bonds. The first-order valence-electron chi connectivity index (χ1n) is 10.8. The maximum absolute atomic E-state index is 13.9. The molecule has 3 saturated carbocycles. The summed E-state index contributed by atoms with van der Waals surface area (Å²) < 4.78 is 5.64. The van der Waals surface area contributed by atoms with Crippen molar-refractivity contribution in [2.75, 3.05) is 6.61 Å². The second kappa shape index (κ2) is 4.53. The highest BCUT2D eigenvalue weighted by Crippen LogP contribution is 2.83. The second-order valence-electron chi connectivity index (χ2n) is 11.5. The van der Waals surface area contributed by atoms with E-state index in [1.807, 2.05) is 13.0 Å². The van der Waals surface area contributed by atoms with Crippen LogP contribution in [-0.4, -0.2) is 24.1 Å². The Morgan fingerprint density at radius 3 is 2.59 bits per heavy atom. The van der Waals surface area contributed by atoms with Crippen LogP contribution in [0.15, 0.2) is 36.0 Å². The Kier molecular flexibility index (Phi) is 2.79. The van der Waals surface area contributed by atoms with Gasteiger partial charge in [0.2, 0.25) is 0 Å². The van der Waals surface area contributed by atoms with Gasteiger partial charge in [0.25, 0.3) is 0 Å². The number of ketones is 2. The average molecular weight is 392 g/mol. The van der Waals surface area contributed by atoms with Crippen LogP contribution in [0.4, 0.5) is 0 Å². The molecule has 3 bridgehead atoms. The standard InChI is InChI=1S/C25H28O4/c1-13-17-18-23(5)8-7-16(26)21(2,3)15(23)6-9-24(18)11-22(4,19(17)27)10-14-20(28)29-12-25(13,14)24/h7-8,10,15,17-18H,1,6,9,11-12H2,2-5H3/t15-,17-,18-,22+,23-,24-,25-/m0/s1. The van der Waals surface area contributed by atoms with E-state index >= 15 is 0 Å². The van der Waals surface area contributed by atoms with Crippen molar-refractivity contribution in [3.05, 3.63) is 36.0 Å². The molecule has 5 aliphatic carbocycles. The molecule has 0 N–H and O–H groups in total. The highest BCUT2D eigenvalue weighted by atomic mass is 16.5. The first-order valence-corrected chi connectivity index (χ1v) is 10.8. The van der Waals surface area contributed by atoms with Gasteiger partial charge in [-0.05, 0) is 54.9 Å². The molecule has 4 nitrogen and oxygen atoms in total. The summed E-state index contributed by atoms with van der Waals surface area (Å²) in [5.74, 6) is 0.0725. The van der Waals surface area contributed by atoms with Crippen LogP contribution in [0.5, 0.6) is 0 Å². The second-order valence-corrected chi connectivity index (χ2v) is 11.5. The molecule has 0 aromatic heterocycles. The van der Waals surface area contributed by atoms with Gasteiger partial charge in [-0.1, -0.05) is 45.1 Å². The van der Waals surface area contributed by atoms with Crippen molar-refractivity contribution in [3.8, 4) is 0 Å². The van der Waals surface area contributed by atoms with Gasteiger partial charge < -0.3 is 4.74 Å². The number of esters is 1. The Morgan fingerprint density at radius 1 is 1.14 bits per heavy atom. The van der Waals surface area contributed by atoms with Crippen molar-refractivity contribution >= 4 is 17.5 Å². The van der Waals surface area contributed by atoms with E-state index < -0.39 is 16.2 Å². The van der Waals surface area contributed by atoms with Gasteiger partial charge in [0, 0.05) is 22.3 Å². The van der Waals surface area contributed by atoms with Gasteiger partial charge in [0.1, 0.15) is 12.4 Å². The van der Waals surface area contributed by atoms with E-state index in [9.17, 15) is 14.4 Å². The molecular weight excluding hydrogens is 364 g/mol. The van der Waals surface area contributed by atoms with Crippen LogP contribution in [0.25, 0.3) is 0 Å². The lowest BCUT2D eigenvalue weighted by atomic mass is 9.36. The van der Waals surface area contributed by atoms with Crippen LogP contribution >= 0.6 is 0 Å². The smallest absolute Gasteiger partial charge is 0.334 e. The van der Waals surface area contributed by atoms with Crippen molar-refractivity contribution in [2.45, 2.75) is 47.0 Å². The molecular formula is C25H28O4. The molecule has 29 heavy (non-hydrogen) atoms. The first-order chi connectivity index (χ1) is 13.5. The lowest BCUT2D eigenvalue weighted by Crippen LogP contribution is -2.64. The number of allylic oxidation sites excluding steroid dienone is 3. The Morgan fingerprint density at radius 2 is 1.86 bits per heavy atom. The monoisotopic (exact) mass is 392 g/mol. The van der Waals surface area contributed by atoms with Crippen molar-refractivity contribution in [1.29, 1.82) is 0 Å². The number of fused-ring (bicyclic) bond motifs is 2. The Labute approximate surface area is 171 Å². The third-order valence-corrected chi connectivity index (χ3v) is 10.2. The molecule has 1 saturated heterocycles. The normalized spacial score (nSPS) is 53.4. The fourth-order valence-electron chi connectivity index (χ4n) is 9.18. The number of ether oxygens (including phenoxy) is 1. The van der Waals surface area contributed by atoms with Gasteiger partial charge in [-0.25, -0.2) is 4.79 Å². The molecule has 2 spiro atoms. The highest BCUT2D eigenvalue weighted by molar-refractivity contribution is 6.03. The summed E-state index contributed by atoms with van der Waals surface area (Å²) in [5, 5.41) is 0. The SMILES string of the molecule is C=C1[C@@H]2C(=O)[C@]3(C)C=C4C(=O)OC[C@]14[C@@]1(CC[C@H]4C(C)(C)C(=O)C=C[C@]4(C)[C@H]21)C3. The zero-order valence-corrected chi connectivity index (χ0v) is 17.6.